The number of carbonyl (C=O) groups is 1. The number of allylic oxidation sites excluding steroid dienone is 8. The first-order valence-corrected chi connectivity index (χ1v) is 24.9. The van der Waals surface area contributed by atoms with Crippen LogP contribution in [0.25, 0.3) is 0 Å². The standard InChI is InChI=1S/C48H91N2O6P/c1-6-8-10-12-14-16-18-20-22-23-24-25-26-27-28-30-32-34-36-38-40-42-48(52)49-46(45-56-57(53,54)55-44-43-50(3,4)5)47(51)41-39-37-35-33-31-29-21-19-17-15-13-11-9-7-2/h22-23,25-26,28,30,34,36,46-47,51H,6-21,24,27,29,31-33,35,37-45H2,1-5H3,(H-,49,52,53,54)/b23-22+,26-25+,30-28+,36-34+/t46-,47+/m0/s1. The molecule has 8 nitrogen and oxygen atoms in total. The predicted molar refractivity (Wildman–Crippen MR) is 242 cm³/mol. The lowest BCUT2D eigenvalue weighted by molar-refractivity contribution is -0.870. The van der Waals surface area contributed by atoms with Gasteiger partial charge < -0.3 is 28.8 Å². The van der Waals surface area contributed by atoms with E-state index in [4.69, 9.17) is 9.05 Å². The summed E-state index contributed by atoms with van der Waals surface area (Å²) in [5.41, 5.74) is 0. The number of nitrogens with one attached hydrogen (secondary N) is 1. The van der Waals surface area contributed by atoms with E-state index in [1.54, 1.807) is 0 Å². The minimum absolute atomic E-state index is 0.000549. The summed E-state index contributed by atoms with van der Waals surface area (Å²) in [6.45, 7) is 4.67. The van der Waals surface area contributed by atoms with Crippen LogP contribution in [0, 0.1) is 0 Å². The molecule has 0 fully saturated rings. The van der Waals surface area contributed by atoms with Crippen LogP contribution < -0.4 is 10.2 Å². The summed E-state index contributed by atoms with van der Waals surface area (Å²) >= 11 is 0. The average Bonchev–Trinajstić information content (AvgIpc) is 3.16. The Hall–Kier alpha value is -1.54. The summed E-state index contributed by atoms with van der Waals surface area (Å²) in [6.07, 6.45) is 49.8. The number of hydrogen-bond donors (Lipinski definition) is 2. The van der Waals surface area contributed by atoms with Gasteiger partial charge in [-0.2, -0.15) is 0 Å². The molecule has 1 unspecified atom stereocenters. The van der Waals surface area contributed by atoms with Crippen LogP contribution >= 0.6 is 7.82 Å². The summed E-state index contributed by atoms with van der Waals surface area (Å²) in [5.74, 6) is -0.219. The van der Waals surface area contributed by atoms with Crippen LogP contribution in [0.2, 0.25) is 0 Å². The quantitative estimate of drug-likeness (QED) is 0.0275. The lowest BCUT2D eigenvalue weighted by Crippen LogP contribution is -2.46. The summed E-state index contributed by atoms with van der Waals surface area (Å²) in [6, 6.07) is -0.829. The minimum Gasteiger partial charge on any atom is -0.756 e. The smallest absolute Gasteiger partial charge is 0.268 e. The molecule has 2 N–H and O–H groups in total. The Morgan fingerprint density at radius 3 is 1.47 bits per heavy atom. The molecule has 0 aliphatic carbocycles. The van der Waals surface area contributed by atoms with E-state index in [1.165, 1.54) is 122 Å². The second-order valence-corrected chi connectivity index (χ2v) is 18.5. The number of aliphatic hydroxyl groups excluding tert-OH is 1. The molecule has 334 valence electrons. The van der Waals surface area contributed by atoms with E-state index < -0.39 is 20.0 Å². The van der Waals surface area contributed by atoms with Crippen molar-refractivity contribution in [1.29, 1.82) is 0 Å². The molecular weight excluding hydrogens is 732 g/mol. The minimum atomic E-state index is -4.58. The SMILES string of the molecule is CCCCCCCCC/C=C/C/C=C/C/C=C/C/C=C/CCCC(=O)N[C@@H](COP(=O)([O-])OCC[N+](C)(C)C)[C@H](O)CCCCCCCCCCCCCCCC. The molecule has 57 heavy (non-hydrogen) atoms. The van der Waals surface area contributed by atoms with Crippen LogP contribution in [0.4, 0.5) is 0 Å². The van der Waals surface area contributed by atoms with E-state index in [0.29, 0.717) is 23.9 Å². The number of hydrogen-bond acceptors (Lipinski definition) is 6. The van der Waals surface area contributed by atoms with Crippen molar-refractivity contribution in [2.24, 2.45) is 0 Å². The highest BCUT2D eigenvalue weighted by molar-refractivity contribution is 7.45. The van der Waals surface area contributed by atoms with Gasteiger partial charge in [-0.25, -0.2) is 0 Å². The van der Waals surface area contributed by atoms with Crippen LogP contribution in [-0.4, -0.2) is 68.5 Å². The molecule has 1 amide bonds. The summed E-state index contributed by atoms with van der Waals surface area (Å²) in [4.78, 5) is 25.3. The largest absolute Gasteiger partial charge is 0.756 e. The Morgan fingerprint density at radius 1 is 0.614 bits per heavy atom. The molecule has 0 saturated carbocycles. The van der Waals surface area contributed by atoms with Crippen molar-refractivity contribution in [3.63, 3.8) is 0 Å². The Labute approximate surface area is 352 Å². The van der Waals surface area contributed by atoms with Gasteiger partial charge in [0.25, 0.3) is 7.82 Å². The zero-order valence-corrected chi connectivity index (χ0v) is 38.7. The topological polar surface area (TPSA) is 108 Å². The van der Waals surface area contributed by atoms with Crippen molar-refractivity contribution >= 4 is 13.7 Å². The van der Waals surface area contributed by atoms with E-state index >= 15 is 0 Å². The molecule has 0 saturated heterocycles. The van der Waals surface area contributed by atoms with Crippen LogP contribution in [0.1, 0.15) is 200 Å². The average molecular weight is 823 g/mol. The van der Waals surface area contributed by atoms with E-state index in [-0.39, 0.29) is 25.5 Å². The van der Waals surface area contributed by atoms with E-state index in [0.717, 1.165) is 44.9 Å². The van der Waals surface area contributed by atoms with Gasteiger partial charge in [-0.1, -0.05) is 191 Å². The molecule has 3 atom stereocenters. The highest BCUT2D eigenvalue weighted by atomic mass is 31.2. The lowest BCUT2D eigenvalue weighted by atomic mass is 10.0. The molecule has 0 aromatic carbocycles. The zero-order chi connectivity index (χ0) is 42.1. The molecule has 0 aromatic rings. The van der Waals surface area contributed by atoms with Crippen molar-refractivity contribution < 1.29 is 32.9 Å². The fraction of sp³-hybridized carbons (Fsp3) is 0.812. The maximum atomic E-state index is 12.9. The predicted octanol–water partition coefficient (Wildman–Crippen LogP) is 12.6. The van der Waals surface area contributed by atoms with Gasteiger partial charge in [0.1, 0.15) is 13.2 Å². The number of nitrogens with zero attached hydrogens (tertiary/aromatic N) is 1. The van der Waals surface area contributed by atoms with Gasteiger partial charge in [0.2, 0.25) is 5.91 Å². The number of rotatable bonds is 42. The lowest BCUT2D eigenvalue weighted by Gasteiger charge is -2.30. The molecule has 0 aliphatic heterocycles. The number of amides is 1. The molecule has 0 heterocycles. The molecule has 0 bridgehead atoms. The zero-order valence-electron chi connectivity index (χ0n) is 37.8. The van der Waals surface area contributed by atoms with Crippen LogP contribution in [-0.2, 0) is 18.4 Å². The second kappa shape index (κ2) is 39.9. The van der Waals surface area contributed by atoms with Gasteiger partial charge in [0, 0.05) is 6.42 Å². The van der Waals surface area contributed by atoms with E-state index in [1.807, 2.05) is 21.1 Å². The van der Waals surface area contributed by atoms with Crippen molar-refractivity contribution in [2.75, 3.05) is 40.9 Å². The summed E-state index contributed by atoms with van der Waals surface area (Å²) < 4.78 is 23.2. The summed E-state index contributed by atoms with van der Waals surface area (Å²) in [5, 5.41) is 13.9. The molecule has 0 aromatic heterocycles. The maximum Gasteiger partial charge on any atom is 0.268 e. The van der Waals surface area contributed by atoms with Crippen molar-refractivity contribution in [3.05, 3.63) is 48.6 Å². The second-order valence-electron chi connectivity index (χ2n) is 17.1. The van der Waals surface area contributed by atoms with Crippen molar-refractivity contribution in [2.45, 2.75) is 212 Å². The first-order chi connectivity index (χ1) is 27.5. The van der Waals surface area contributed by atoms with Gasteiger partial charge in [0.05, 0.1) is 39.9 Å². The number of aliphatic hydroxyl groups is 1. The van der Waals surface area contributed by atoms with Crippen LogP contribution in [0.3, 0.4) is 0 Å². The Balaban J connectivity index is 4.43. The third kappa shape index (κ3) is 42.4. The van der Waals surface area contributed by atoms with Gasteiger partial charge in [-0.15, -0.1) is 0 Å². The van der Waals surface area contributed by atoms with Gasteiger partial charge >= 0.3 is 0 Å². The number of likely N-dealkylation sites (N-methyl/N-ethyl adjacent to an activating group) is 1. The third-order valence-corrected chi connectivity index (χ3v) is 11.3. The number of phosphoric ester groups is 1. The van der Waals surface area contributed by atoms with Gasteiger partial charge in [0.15, 0.2) is 0 Å². The molecule has 0 rings (SSSR count). The normalized spacial score (nSPS) is 14.7. The van der Waals surface area contributed by atoms with Crippen LogP contribution in [0.5, 0.6) is 0 Å². The Bertz CT molecular complexity index is 1070. The monoisotopic (exact) mass is 823 g/mol. The molecular formula is C48H91N2O6P. The number of phosphoric acid groups is 1. The number of unbranched alkanes of at least 4 members (excludes halogenated alkanes) is 21. The third-order valence-electron chi connectivity index (χ3n) is 10.3. The van der Waals surface area contributed by atoms with Gasteiger partial charge in [-0.05, 0) is 51.4 Å². The van der Waals surface area contributed by atoms with E-state index in [9.17, 15) is 19.4 Å². The Morgan fingerprint density at radius 2 is 1.02 bits per heavy atom. The van der Waals surface area contributed by atoms with Crippen molar-refractivity contribution in [1.82, 2.24) is 5.32 Å². The molecule has 0 radical (unpaired) electrons. The van der Waals surface area contributed by atoms with Gasteiger partial charge in [-0.3, -0.25) is 9.36 Å². The first-order valence-electron chi connectivity index (χ1n) is 23.5. The molecule has 0 aliphatic rings. The first kappa shape index (κ1) is 55.5. The summed E-state index contributed by atoms with van der Waals surface area (Å²) in [7, 11) is 1.27. The highest BCUT2D eigenvalue weighted by Gasteiger charge is 2.24. The number of carbonyl (C=O) groups excluding carboxylic acids is 1. The van der Waals surface area contributed by atoms with Crippen LogP contribution in [0.15, 0.2) is 48.6 Å². The molecule has 9 heteroatoms. The molecule has 0 spiro atoms. The highest BCUT2D eigenvalue weighted by Crippen LogP contribution is 2.38. The fourth-order valence-electron chi connectivity index (χ4n) is 6.56. The van der Waals surface area contributed by atoms with E-state index in [2.05, 4.69) is 67.8 Å². The van der Waals surface area contributed by atoms with Crippen molar-refractivity contribution in [3.8, 4) is 0 Å². The number of quaternary nitrogens is 1. The Kier molecular flexibility index (Phi) is 38.8. The fourth-order valence-corrected chi connectivity index (χ4v) is 7.28. The maximum absolute atomic E-state index is 12.9.